The Bertz CT molecular complexity index is 1060. The second kappa shape index (κ2) is 11.1. The maximum absolute atomic E-state index is 11.1. The van der Waals surface area contributed by atoms with Crippen LogP contribution in [-0.4, -0.2) is 76.7 Å². The van der Waals surface area contributed by atoms with Crippen LogP contribution in [0.1, 0.15) is 6.42 Å². The van der Waals surface area contributed by atoms with Gasteiger partial charge in [-0.3, -0.25) is 4.55 Å². The molecule has 154 valence electrons. The van der Waals surface area contributed by atoms with E-state index in [2.05, 4.69) is 5.32 Å². The van der Waals surface area contributed by atoms with Gasteiger partial charge in [0, 0.05) is 40.7 Å². The van der Waals surface area contributed by atoms with E-state index in [9.17, 15) is 8.42 Å². The molecule has 7 nitrogen and oxygen atoms in total. The van der Waals surface area contributed by atoms with Gasteiger partial charge in [-0.15, -0.1) is 0 Å². The fourth-order valence-electron chi connectivity index (χ4n) is 2.95. The number of nitrogens with one attached hydrogen (secondary N) is 1. The monoisotopic (exact) mass is 452 g/mol. The van der Waals surface area contributed by atoms with Crippen LogP contribution in [0.2, 0.25) is 0 Å². The van der Waals surface area contributed by atoms with Gasteiger partial charge in [0.25, 0.3) is 10.1 Å². The Labute approximate surface area is 219 Å². The summed E-state index contributed by atoms with van der Waals surface area (Å²) in [5.41, 5.74) is 16.4. The first-order valence-corrected chi connectivity index (χ1v) is 10.7. The number of benzene rings is 3. The van der Waals surface area contributed by atoms with Crippen molar-refractivity contribution in [1.82, 2.24) is 0 Å². The van der Waals surface area contributed by atoms with Crippen LogP contribution in [0, 0.1) is 0 Å². The van der Waals surface area contributed by atoms with E-state index in [0.29, 0.717) is 17.9 Å². The standard InChI is InChI=1S/C21H24N4O3S.K.H/c22-16-5-9-18(10-6-16)24-19-3-1-4-21(15-19)25(13-2-14-29(26,27)28)20-11-7-17(23)8-12-20;;/h1,3-12,15,24H,2,13-14,22-23H2,(H,26,27,28);;. The van der Waals surface area contributed by atoms with E-state index in [0.717, 1.165) is 22.7 Å². The van der Waals surface area contributed by atoms with Crippen LogP contribution in [-0.2, 0) is 10.1 Å². The minimum atomic E-state index is -4.01. The molecule has 0 aliphatic carbocycles. The Morgan fingerprint density at radius 3 is 2.03 bits per heavy atom. The molecule has 0 aliphatic heterocycles. The van der Waals surface area contributed by atoms with E-state index >= 15 is 0 Å². The summed E-state index contributed by atoms with van der Waals surface area (Å²) in [6.07, 6.45) is 0.277. The molecule has 6 N–H and O–H groups in total. The van der Waals surface area contributed by atoms with Crippen LogP contribution in [0.3, 0.4) is 0 Å². The quantitative estimate of drug-likeness (QED) is 0.235. The van der Waals surface area contributed by atoms with E-state index < -0.39 is 10.1 Å². The summed E-state index contributed by atoms with van der Waals surface area (Å²) in [5.74, 6) is -0.304. The summed E-state index contributed by atoms with van der Waals surface area (Å²) in [6, 6.07) is 22.6. The van der Waals surface area contributed by atoms with Crippen LogP contribution in [0.5, 0.6) is 0 Å². The van der Waals surface area contributed by atoms with Gasteiger partial charge in [-0.2, -0.15) is 8.42 Å². The molecular formula is C21H25KN4O3S. The molecule has 3 aromatic carbocycles. The normalized spacial score (nSPS) is 10.8. The average molecular weight is 453 g/mol. The average Bonchev–Trinajstić information content (AvgIpc) is 2.67. The molecule has 0 saturated carbocycles. The first-order chi connectivity index (χ1) is 13.8. The number of rotatable bonds is 8. The fourth-order valence-corrected chi connectivity index (χ4v) is 3.45. The van der Waals surface area contributed by atoms with Gasteiger partial charge in [0.2, 0.25) is 0 Å². The molecule has 0 unspecified atom stereocenters. The number of nitrogen functional groups attached to an aromatic ring is 2. The van der Waals surface area contributed by atoms with Crippen molar-refractivity contribution in [2.24, 2.45) is 0 Å². The summed E-state index contributed by atoms with van der Waals surface area (Å²) in [4.78, 5) is 1.98. The number of nitrogens with two attached hydrogens (primary N) is 2. The molecule has 0 saturated heterocycles. The summed E-state index contributed by atoms with van der Waals surface area (Å²) in [7, 11) is -4.01. The van der Waals surface area contributed by atoms with Crippen LogP contribution in [0.25, 0.3) is 0 Å². The SMILES string of the molecule is Nc1ccc(Nc2cccc(N(CCCS(=O)(=O)O)c3ccc(N)cc3)c2)cc1.[KH]. The second-order valence-corrected chi connectivity index (χ2v) is 8.25. The van der Waals surface area contributed by atoms with Crippen LogP contribution in [0.15, 0.2) is 72.8 Å². The zero-order valence-corrected chi connectivity index (χ0v) is 16.6. The van der Waals surface area contributed by atoms with Crippen molar-refractivity contribution in [2.45, 2.75) is 6.42 Å². The number of hydrogen-bond donors (Lipinski definition) is 4. The number of hydrogen-bond acceptors (Lipinski definition) is 6. The van der Waals surface area contributed by atoms with Crippen LogP contribution in [0.4, 0.5) is 34.1 Å². The molecule has 0 spiro atoms. The number of nitrogens with zero attached hydrogens (tertiary/aromatic N) is 1. The van der Waals surface area contributed by atoms with Gasteiger partial charge in [-0.1, -0.05) is 6.07 Å². The maximum atomic E-state index is 11.1. The third-order valence-electron chi connectivity index (χ3n) is 4.35. The van der Waals surface area contributed by atoms with Crippen molar-refractivity contribution in [1.29, 1.82) is 0 Å². The van der Waals surface area contributed by atoms with Gasteiger partial charge >= 0.3 is 51.4 Å². The van der Waals surface area contributed by atoms with E-state index in [1.54, 1.807) is 12.1 Å². The van der Waals surface area contributed by atoms with Crippen molar-refractivity contribution in [3.63, 3.8) is 0 Å². The Morgan fingerprint density at radius 1 is 0.833 bits per heavy atom. The molecule has 0 aliphatic rings. The zero-order chi connectivity index (χ0) is 20.9. The molecule has 0 aromatic heterocycles. The Morgan fingerprint density at radius 2 is 1.43 bits per heavy atom. The summed E-state index contributed by atoms with van der Waals surface area (Å²) >= 11 is 0. The predicted octanol–water partition coefficient (Wildman–Crippen LogP) is 3.36. The van der Waals surface area contributed by atoms with Crippen molar-refractivity contribution >= 4 is 95.6 Å². The molecule has 0 radical (unpaired) electrons. The van der Waals surface area contributed by atoms with Gasteiger partial charge in [0.1, 0.15) is 0 Å². The van der Waals surface area contributed by atoms with Crippen LogP contribution < -0.4 is 21.7 Å². The summed E-state index contributed by atoms with van der Waals surface area (Å²) < 4.78 is 31.3. The van der Waals surface area contributed by atoms with Crippen molar-refractivity contribution < 1.29 is 13.0 Å². The molecule has 9 heteroatoms. The van der Waals surface area contributed by atoms with E-state index in [-0.39, 0.29) is 63.6 Å². The topological polar surface area (TPSA) is 122 Å². The summed E-state index contributed by atoms with van der Waals surface area (Å²) in [6.45, 7) is 0.412. The zero-order valence-electron chi connectivity index (χ0n) is 15.8. The molecule has 0 heterocycles. The Hall–Kier alpha value is -1.59. The summed E-state index contributed by atoms with van der Waals surface area (Å²) in [5, 5.41) is 3.33. The molecule has 0 amide bonds. The Kier molecular flexibility index (Phi) is 9.17. The molecule has 3 aromatic rings. The predicted molar refractivity (Wildman–Crippen MR) is 127 cm³/mol. The van der Waals surface area contributed by atoms with Crippen molar-refractivity contribution in [3.05, 3.63) is 72.8 Å². The first kappa shape index (κ1) is 24.7. The van der Waals surface area contributed by atoms with E-state index in [4.69, 9.17) is 16.0 Å². The van der Waals surface area contributed by atoms with Crippen molar-refractivity contribution in [2.75, 3.05) is 34.0 Å². The van der Waals surface area contributed by atoms with E-state index in [1.165, 1.54) is 0 Å². The Balaban J connectivity index is 0.00000320. The van der Waals surface area contributed by atoms with Gasteiger partial charge < -0.3 is 21.7 Å². The molecule has 0 fully saturated rings. The minimum absolute atomic E-state index is 0. The van der Waals surface area contributed by atoms with Gasteiger partial charge in [0.05, 0.1) is 5.75 Å². The molecule has 0 bridgehead atoms. The second-order valence-electron chi connectivity index (χ2n) is 6.68. The molecular weight excluding hydrogens is 427 g/mol. The third kappa shape index (κ3) is 7.58. The fraction of sp³-hybridized carbons (Fsp3) is 0.143. The number of anilines is 6. The molecule has 30 heavy (non-hydrogen) atoms. The van der Waals surface area contributed by atoms with Crippen LogP contribution >= 0.6 is 0 Å². The van der Waals surface area contributed by atoms with Gasteiger partial charge in [-0.25, -0.2) is 0 Å². The molecule has 0 atom stereocenters. The van der Waals surface area contributed by atoms with Crippen molar-refractivity contribution in [3.8, 4) is 0 Å². The first-order valence-electron chi connectivity index (χ1n) is 9.11. The van der Waals surface area contributed by atoms with Gasteiger partial charge in [-0.05, 0) is 73.2 Å². The van der Waals surface area contributed by atoms with E-state index in [1.807, 2.05) is 65.6 Å². The molecule has 3 rings (SSSR count). The third-order valence-corrected chi connectivity index (χ3v) is 5.15. The van der Waals surface area contributed by atoms with Gasteiger partial charge in [0.15, 0.2) is 0 Å².